The van der Waals surface area contributed by atoms with Crippen molar-refractivity contribution < 1.29 is 23.9 Å². The summed E-state index contributed by atoms with van der Waals surface area (Å²) in [7, 11) is 0. The summed E-state index contributed by atoms with van der Waals surface area (Å²) >= 11 is 4.48. The van der Waals surface area contributed by atoms with E-state index in [4.69, 9.17) is 4.74 Å². The van der Waals surface area contributed by atoms with Crippen molar-refractivity contribution in [2.45, 2.75) is 91.7 Å². The molecule has 8 bridgehead atoms. The van der Waals surface area contributed by atoms with Crippen LogP contribution in [0.2, 0.25) is 0 Å². The van der Waals surface area contributed by atoms with Crippen molar-refractivity contribution in [2.24, 2.45) is 16.2 Å². The van der Waals surface area contributed by atoms with Crippen molar-refractivity contribution in [1.82, 2.24) is 19.9 Å². The van der Waals surface area contributed by atoms with Gasteiger partial charge >= 0.3 is 0 Å². The zero-order valence-corrected chi connectivity index (χ0v) is 48.8. The van der Waals surface area contributed by atoms with Gasteiger partial charge in [-0.15, -0.1) is 0 Å². The first-order valence-electron chi connectivity index (χ1n) is 27.8. The fourth-order valence-electron chi connectivity index (χ4n) is 10.6. The molecule has 0 fully saturated rings. The molecule has 0 saturated carbocycles. The molecular formula is C68H72N8O5S. The van der Waals surface area contributed by atoms with E-state index in [1.54, 1.807) is 0 Å². The number of carbonyl (C=O) groups is 4. The van der Waals surface area contributed by atoms with Crippen molar-refractivity contribution in [2.75, 3.05) is 27.9 Å². The highest BCUT2D eigenvalue weighted by atomic mass is 32.1. The molecule has 14 heteroatoms. The normalized spacial score (nSPS) is 16.2. The van der Waals surface area contributed by atoms with Crippen molar-refractivity contribution in [3.63, 3.8) is 0 Å². The molecule has 4 aromatic heterocycles. The Bertz CT molecular complexity index is 3650. The summed E-state index contributed by atoms with van der Waals surface area (Å²) in [6, 6.07) is 55.8. The second-order valence-electron chi connectivity index (χ2n) is 24.3. The van der Waals surface area contributed by atoms with Gasteiger partial charge in [0, 0.05) is 95.9 Å². The Morgan fingerprint density at radius 1 is 0.378 bits per heavy atom. The van der Waals surface area contributed by atoms with Gasteiger partial charge in [0.25, 0.3) is 5.91 Å². The van der Waals surface area contributed by atoms with Crippen molar-refractivity contribution in [3.05, 3.63) is 243 Å². The summed E-state index contributed by atoms with van der Waals surface area (Å²) in [6.07, 6.45) is 0. The number of ether oxygens (including phenoxy) is 1. The summed E-state index contributed by atoms with van der Waals surface area (Å²) < 4.78 is 6.08. The molecule has 13 nitrogen and oxygen atoms in total. The van der Waals surface area contributed by atoms with Crippen LogP contribution in [0.25, 0.3) is 0 Å². The van der Waals surface area contributed by atoms with E-state index < -0.39 is 39.9 Å². The van der Waals surface area contributed by atoms with Crippen LogP contribution in [-0.2, 0) is 24.9 Å². The minimum Gasteiger partial charge on any atom is -0.483 e. The van der Waals surface area contributed by atoms with Gasteiger partial charge in [0.05, 0.1) is 23.7 Å². The lowest BCUT2D eigenvalue weighted by molar-refractivity contribution is -0.123. The molecule has 9 aromatic rings. The number of thiol groups is 1. The van der Waals surface area contributed by atoms with Crippen molar-refractivity contribution in [1.29, 1.82) is 0 Å². The van der Waals surface area contributed by atoms with Gasteiger partial charge in [-0.2, -0.15) is 12.6 Å². The Kier molecular flexibility index (Phi) is 15.9. The quantitative estimate of drug-likeness (QED) is 0.0550. The summed E-state index contributed by atoms with van der Waals surface area (Å²) in [5.74, 6) is -1.63. The zero-order chi connectivity index (χ0) is 58.1. The molecule has 420 valence electrons. The lowest BCUT2D eigenvalue weighted by atomic mass is 9.90. The fourth-order valence-corrected chi connectivity index (χ4v) is 10.8. The number of aromatic nitrogens is 4. The van der Waals surface area contributed by atoms with E-state index in [1.807, 2.05) is 178 Å². The van der Waals surface area contributed by atoms with E-state index in [2.05, 4.69) is 108 Å². The van der Waals surface area contributed by atoms with E-state index in [0.717, 1.165) is 73.4 Å². The SMILES string of the molecule is CC(C)(C)C(=O)Nc1ccccc1C1c2ccc([nH]2)C(c2ccccc2NC(=O)COc2ccccc2CS)c2ccc([nH]2)C(c2ccccc2NC(=O)C(C)(C)C)c2ccc([nH]2)C(c2ccccc2NC(=O)C(C)(C)C)c2ccc1[nH]2. The van der Waals surface area contributed by atoms with Crippen LogP contribution in [-0.4, -0.2) is 50.2 Å². The van der Waals surface area contributed by atoms with Gasteiger partial charge < -0.3 is 45.9 Å². The molecule has 5 heterocycles. The van der Waals surface area contributed by atoms with Gasteiger partial charge in [0.15, 0.2) is 6.61 Å². The van der Waals surface area contributed by atoms with Crippen LogP contribution in [0.5, 0.6) is 5.75 Å². The van der Waals surface area contributed by atoms with Gasteiger partial charge in [-0.05, 0) is 101 Å². The second kappa shape index (κ2) is 23.0. The first-order valence-corrected chi connectivity index (χ1v) is 28.5. The third-order valence-corrected chi connectivity index (χ3v) is 15.4. The van der Waals surface area contributed by atoms with E-state index in [1.165, 1.54) is 0 Å². The zero-order valence-electron chi connectivity index (χ0n) is 47.9. The molecule has 5 aromatic carbocycles. The molecule has 0 aliphatic carbocycles. The average Bonchev–Trinajstić information content (AvgIpc) is 3.59. The predicted octanol–water partition coefficient (Wildman–Crippen LogP) is 14.4. The maximum Gasteiger partial charge on any atom is 0.262 e. The number of hydrogen-bond donors (Lipinski definition) is 9. The Labute approximate surface area is 485 Å². The lowest BCUT2D eigenvalue weighted by Crippen LogP contribution is -2.28. The molecule has 82 heavy (non-hydrogen) atoms. The number of benzene rings is 5. The van der Waals surface area contributed by atoms with Gasteiger partial charge in [0.2, 0.25) is 17.7 Å². The molecule has 2 unspecified atom stereocenters. The monoisotopic (exact) mass is 1110 g/mol. The Morgan fingerprint density at radius 2 is 0.634 bits per heavy atom. The van der Waals surface area contributed by atoms with Crippen LogP contribution in [0.1, 0.15) is 159 Å². The summed E-state index contributed by atoms with van der Waals surface area (Å²) in [5.41, 5.74) is 11.5. The fraction of sp³-hybridized carbons (Fsp3) is 0.265. The van der Waals surface area contributed by atoms with Crippen LogP contribution >= 0.6 is 12.6 Å². The molecular weight excluding hydrogens is 1040 g/mol. The third-order valence-electron chi connectivity index (χ3n) is 15.1. The Hall–Kier alpha value is -8.75. The standard InChI is InChI=1S/C68H72N8O5S/c1-66(2,3)63(78)74-46-26-16-12-22-42(46)60-51-32-30-49(69-51)59(41-21-11-15-25-45(41)73-58(77)38-81-57-29-19-10-20-40(57)39-82)50-31-33-52(70-50)61(43-23-13-17-27-47(43)75-64(79)67(4,5)6)54-35-37-56(72-54)62(55-36-34-53(60)71-55)44-24-14-18-28-48(44)76-65(80)68(7,8)9/h10-37,59-62,69-72,82H,38-39H2,1-9H3,(H,73,77)(H,74,78)(H,75,79)(H,76,80). The van der Waals surface area contributed by atoms with Gasteiger partial charge in [-0.25, -0.2) is 0 Å². The topological polar surface area (TPSA) is 189 Å². The summed E-state index contributed by atoms with van der Waals surface area (Å²) in [6.45, 7) is 16.8. The predicted molar refractivity (Wildman–Crippen MR) is 330 cm³/mol. The number of anilines is 4. The molecule has 2 atom stereocenters. The number of carbonyl (C=O) groups excluding carboxylic acids is 4. The Morgan fingerprint density at radius 3 is 0.915 bits per heavy atom. The van der Waals surface area contributed by atoms with Crippen LogP contribution in [0.4, 0.5) is 22.7 Å². The smallest absolute Gasteiger partial charge is 0.262 e. The van der Waals surface area contributed by atoms with Crippen molar-refractivity contribution in [3.8, 4) is 5.75 Å². The minimum atomic E-state index is -0.680. The number of hydrogen-bond acceptors (Lipinski definition) is 6. The maximum atomic E-state index is 14.0. The van der Waals surface area contributed by atoms with Crippen molar-refractivity contribution >= 4 is 59.0 Å². The maximum absolute atomic E-state index is 14.0. The molecule has 8 N–H and O–H groups in total. The summed E-state index contributed by atoms with van der Waals surface area (Å²) in [4.78, 5) is 71.4. The minimum absolute atomic E-state index is 0.121. The van der Waals surface area contributed by atoms with E-state index >= 15 is 0 Å². The van der Waals surface area contributed by atoms with E-state index in [9.17, 15) is 19.2 Å². The van der Waals surface area contributed by atoms with Gasteiger partial charge in [-0.1, -0.05) is 153 Å². The Balaban J connectivity index is 1.20. The first kappa shape index (κ1) is 56.5. The van der Waals surface area contributed by atoms with Crippen LogP contribution < -0.4 is 26.0 Å². The molecule has 10 rings (SSSR count). The van der Waals surface area contributed by atoms with Crippen LogP contribution in [0.3, 0.4) is 0 Å². The number of para-hydroxylation sites is 5. The molecule has 0 radical (unpaired) electrons. The second-order valence-corrected chi connectivity index (χ2v) is 24.6. The number of nitrogens with one attached hydrogen (secondary N) is 8. The van der Waals surface area contributed by atoms with E-state index in [-0.39, 0.29) is 30.2 Å². The average molecular weight is 1110 g/mol. The number of fused-ring (bicyclic) bond motifs is 8. The van der Waals surface area contributed by atoms with Crippen LogP contribution in [0.15, 0.2) is 170 Å². The molecule has 1 aliphatic rings. The summed E-state index contributed by atoms with van der Waals surface area (Å²) in [5, 5.41) is 13.0. The molecule has 0 saturated heterocycles. The lowest BCUT2D eigenvalue weighted by Gasteiger charge is -2.25. The molecule has 0 spiro atoms. The largest absolute Gasteiger partial charge is 0.483 e. The number of aromatic amines is 4. The van der Waals surface area contributed by atoms with Gasteiger partial charge in [0.1, 0.15) is 5.75 Å². The highest BCUT2D eigenvalue weighted by Gasteiger charge is 2.34. The highest BCUT2D eigenvalue weighted by molar-refractivity contribution is 7.79. The third kappa shape index (κ3) is 12.0. The number of rotatable bonds is 12. The highest BCUT2D eigenvalue weighted by Crippen LogP contribution is 2.45. The number of amides is 4. The van der Waals surface area contributed by atoms with E-state index in [0.29, 0.717) is 34.3 Å². The molecule has 4 amide bonds. The van der Waals surface area contributed by atoms with Gasteiger partial charge in [-0.3, -0.25) is 19.2 Å². The van der Waals surface area contributed by atoms with Crippen LogP contribution in [0, 0.1) is 16.2 Å². The molecule has 1 aliphatic heterocycles. The first-order chi connectivity index (χ1) is 39.2. The number of H-pyrrole nitrogens is 4.